The molecule has 6 nitrogen and oxygen atoms in total. The molecule has 1 aromatic carbocycles. The van der Waals surface area contributed by atoms with Crippen LogP contribution in [0.2, 0.25) is 0 Å². The van der Waals surface area contributed by atoms with Gasteiger partial charge in [-0.15, -0.1) is 0 Å². The molecule has 160 valence electrons. The summed E-state index contributed by atoms with van der Waals surface area (Å²) in [5.74, 6) is 0.203. The summed E-state index contributed by atoms with van der Waals surface area (Å²) in [5.41, 5.74) is 3.55. The Bertz CT molecular complexity index is 904. The van der Waals surface area contributed by atoms with Crippen LogP contribution in [0, 0.1) is 19.8 Å². The molecule has 0 radical (unpaired) electrons. The number of hydrogen-bond acceptors (Lipinski definition) is 4. The fraction of sp³-hybridized carbons (Fsp3) is 0.542. The van der Waals surface area contributed by atoms with E-state index in [1.807, 2.05) is 53.8 Å². The predicted octanol–water partition coefficient (Wildman–Crippen LogP) is 3.76. The Morgan fingerprint density at radius 1 is 1.07 bits per heavy atom. The van der Waals surface area contributed by atoms with Gasteiger partial charge in [0, 0.05) is 23.8 Å². The largest absolute Gasteiger partial charge is 0.455 e. The molecular formula is C24H31N3O3. The van der Waals surface area contributed by atoms with Crippen molar-refractivity contribution in [3.05, 3.63) is 47.3 Å². The van der Waals surface area contributed by atoms with E-state index in [0.717, 1.165) is 42.0 Å². The van der Waals surface area contributed by atoms with Crippen molar-refractivity contribution >= 4 is 11.9 Å². The Balaban J connectivity index is 1.36. The van der Waals surface area contributed by atoms with E-state index in [1.54, 1.807) is 0 Å². The lowest BCUT2D eigenvalue weighted by Crippen LogP contribution is -2.50. The van der Waals surface area contributed by atoms with Crippen LogP contribution in [0.15, 0.2) is 30.3 Å². The third-order valence-corrected chi connectivity index (χ3v) is 6.68. The number of fused-ring (bicyclic) bond motifs is 1. The summed E-state index contributed by atoms with van der Waals surface area (Å²) in [5, 5.41) is 4.58. The maximum absolute atomic E-state index is 12.8. The Labute approximate surface area is 178 Å². The van der Waals surface area contributed by atoms with Crippen LogP contribution in [-0.2, 0) is 20.7 Å². The number of esters is 1. The lowest BCUT2D eigenvalue weighted by molar-refractivity contribution is -0.154. The van der Waals surface area contributed by atoms with Crippen LogP contribution in [0.1, 0.15) is 55.5 Å². The van der Waals surface area contributed by atoms with Crippen molar-refractivity contribution in [2.24, 2.45) is 5.92 Å². The second kappa shape index (κ2) is 9.02. The Hall–Kier alpha value is -2.63. The van der Waals surface area contributed by atoms with Gasteiger partial charge < -0.3 is 9.64 Å². The van der Waals surface area contributed by atoms with Crippen molar-refractivity contribution in [3.8, 4) is 5.69 Å². The number of piperidine rings is 1. The number of para-hydroxylation sites is 1. The number of likely N-dealkylation sites (tertiary alicyclic amines) is 1. The van der Waals surface area contributed by atoms with E-state index in [2.05, 4.69) is 5.10 Å². The average molecular weight is 410 g/mol. The summed E-state index contributed by atoms with van der Waals surface area (Å²) in [6, 6.07) is 10.2. The minimum Gasteiger partial charge on any atom is -0.455 e. The van der Waals surface area contributed by atoms with Gasteiger partial charge >= 0.3 is 5.97 Å². The topological polar surface area (TPSA) is 64.4 Å². The Morgan fingerprint density at radius 2 is 1.80 bits per heavy atom. The first kappa shape index (κ1) is 20.6. The van der Waals surface area contributed by atoms with E-state index < -0.39 is 0 Å². The summed E-state index contributed by atoms with van der Waals surface area (Å²) in [7, 11) is 0. The van der Waals surface area contributed by atoms with Crippen molar-refractivity contribution in [3.63, 3.8) is 0 Å². The van der Waals surface area contributed by atoms with E-state index in [9.17, 15) is 9.59 Å². The fourth-order valence-corrected chi connectivity index (χ4v) is 5.11. The highest BCUT2D eigenvalue weighted by molar-refractivity contribution is 5.82. The standard InChI is InChI=1S/C24H31N3O3/c1-17-21(18(2)27(25-17)20-11-4-3-5-12-20)15-24(29)30-16-23(28)26-14-8-10-19-9-6-7-13-22(19)26/h3-5,11-12,19,22H,6-10,13-16H2,1-2H3/t19-,22-/m1/s1. The van der Waals surface area contributed by atoms with E-state index in [1.165, 1.54) is 25.7 Å². The number of hydrogen-bond donors (Lipinski definition) is 0. The summed E-state index contributed by atoms with van der Waals surface area (Å²) < 4.78 is 7.25. The van der Waals surface area contributed by atoms with Crippen LogP contribution in [0.4, 0.5) is 0 Å². The van der Waals surface area contributed by atoms with E-state index in [4.69, 9.17) is 4.74 Å². The number of benzene rings is 1. The Kier molecular flexibility index (Phi) is 6.21. The van der Waals surface area contributed by atoms with Crippen molar-refractivity contribution in [1.29, 1.82) is 0 Å². The second-order valence-electron chi connectivity index (χ2n) is 8.58. The van der Waals surface area contributed by atoms with Gasteiger partial charge in [-0.2, -0.15) is 5.10 Å². The molecular weight excluding hydrogens is 378 g/mol. The molecule has 0 N–H and O–H groups in total. The van der Waals surface area contributed by atoms with Crippen molar-refractivity contribution in [2.45, 2.75) is 64.8 Å². The molecule has 1 amide bonds. The van der Waals surface area contributed by atoms with Gasteiger partial charge in [0.25, 0.3) is 5.91 Å². The van der Waals surface area contributed by atoms with Gasteiger partial charge in [0.05, 0.1) is 17.8 Å². The van der Waals surface area contributed by atoms with Gasteiger partial charge in [0.15, 0.2) is 6.61 Å². The van der Waals surface area contributed by atoms with Crippen molar-refractivity contribution in [2.75, 3.05) is 13.2 Å². The molecule has 1 aromatic heterocycles. The minimum absolute atomic E-state index is 0.0478. The average Bonchev–Trinajstić information content (AvgIpc) is 3.06. The summed E-state index contributed by atoms with van der Waals surface area (Å²) in [6.07, 6.45) is 7.17. The van der Waals surface area contributed by atoms with Gasteiger partial charge in [-0.05, 0) is 57.6 Å². The molecule has 2 aliphatic rings. The van der Waals surface area contributed by atoms with Crippen LogP contribution in [-0.4, -0.2) is 45.8 Å². The molecule has 1 aliphatic carbocycles. The van der Waals surface area contributed by atoms with E-state index in [0.29, 0.717) is 12.0 Å². The molecule has 1 saturated heterocycles. The SMILES string of the molecule is Cc1nn(-c2ccccc2)c(C)c1CC(=O)OCC(=O)N1CCC[C@H]2CCCC[C@H]21. The van der Waals surface area contributed by atoms with Crippen LogP contribution in [0.5, 0.6) is 0 Å². The van der Waals surface area contributed by atoms with Crippen LogP contribution in [0.25, 0.3) is 5.69 Å². The molecule has 6 heteroatoms. The maximum atomic E-state index is 12.8. The van der Waals surface area contributed by atoms with Gasteiger partial charge in [0.2, 0.25) is 0 Å². The number of aryl methyl sites for hydroxylation is 1. The number of rotatable bonds is 5. The second-order valence-corrected chi connectivity index (χ2v) is 8.58. The molecule has 2 aromatic rings. The third kappa shape index (κ3) is 4.27. The molecule has 4 rings (SSSR count). The number of amides is 1. The van der Waals surface area contributed by atoms with Crippen LogP contribution < -0.4 is 0 Å². The highest BCUT2D eigenvalue weighted by atomic mass is 16.5. The number of carbonyl (C=O) groups excluding carboxylic acids is 2. The first-order chi connectivity index (χ1) is 14.5. The molecule has 1 aliphatic heterocycles. The first-order valence-electron chi connectivity index (χ1n) is 11.1. The van der Waals surface area contributed by atoms with E-state index in [-0.39, 0.29) is 24.9 Å². The molecule has 1 saturated carbocycles. The lowest BCUT2D eigenvalue weighted by Gasteiger charge is -2.44. The molecule has 2 fully saturated rings. The van der Waals surface area contributed by atoms with Crippen molar-refractivity contribution in [1.82, 2.24) is 14.7 Å². The number of aromatic nitrogens is 2. The molecule has 30 heavy (non-hydrogen) atoms. The molecule has 2 atom stereocenters. The zero-order chi connectivity index (χ0) is 21.1. The Morgan fingerprint density at radius 3 is 2.60 bits per heavy atom. The first-order valence-corrected chi connectivity index (χ1v) is 11.1. The van der Waals surface area contributed by atoms with Gasteiger partial charge in [-0.3, -0.25) is 9.59 Å². The predicted molar refractivity (Wildman–Crippen MR) is 114 cm³/mol. The summed E-state index contributed by atoms with van der Waals surface area (Å²) in [4.78, 5) is 27.2. The molecule has 2 heterocycles. The van der Waals surface area contributed by atoms with Crippen LogP contribution >= 0.6 is 0 Å². The van der Waals surface area contributed by atoms with E-state index >= 15 is 0 Å². The fourth-order valence-electron chi connectivity index (χ4n) is 5.11. The van der Waals surface area contributed by atoms with Gasteiger partial charge in [-0.25, -0.2) is 4.68 Å². The lowest BCUT2D eigenvalue weighted by atomic mass is 9.78. The molecule has 0 unspecified atom stereocenters. The minimum atomic E-state index is -0.376. The quantitative estimate of drug-likeness (QED) is 0.706. The molecule has 0 bridgehead atoms. The third-order valence-electron chi connectivity index (χ3n) is 6.68. The maximum Gasteiger partial charge on any atom is 0.310 e. The molecule has 0 spiro atoms. The monoisotopic (exact) mass is 409 g/mol. The van der Waals surface area contributed by atoms with Gasteiger partial charge in [-0.1, -0.05) is 31.0 Å². The van der Waals surface area contributed by atoms with Crippen molar-refractivity contribution < 1.29 is 14.3 Å². The highest BCUT2D eigenvalue weighted by Crippen LogP contribution is 2.35. The zero-order valence-electron chi connectivity index (χ0n) is 18.0. The summed E-state index contributed by atoms with van der Waals surface area (Å²) >= 11 is 0. The normalized spacial score (nSPS) is 21.2. The summed E-state index contributed by atoms with van der Waals surface area (Å²) in [6.45, 7) is 4.49. The number of nitrogens with zero attached hydrogens (tertiary/aromatic N) is 3. The number of carbonyl (C=O) groups is 2. The number of ether oxygens (including phenoxy) is 1. The highest BCUT2D eigenvalue weighted by Gasteiger charge is 2.35. The van der Waals surface area contributed by atoms with Crippen LogP contribution in [0.3, 0.4) is 0 Å². The zero-order valence-corrected chi connectivity index (χ0v) is 18.0. The van der Waals surface area contributed by atoms with Gasteiger partial charge in [0.1, 0.15) is 0 Å². The smallest absolute Gasteiger partial charge is 0.310 e.